The van der Waals surface area contributed by atoms with Crippen LogP contribution in [0, 0.1) is 5.92 Å². The number of nitrogens with one attached hydrogen (secondary N) is 1. The van der Waals surface area contributed by atoms with Crippen molar-refractivity contribution in [1.82, 2.24) is 10.3 Å². The van der Waals surface area contributed by atoms with Gasteiger partial charge in [-0.15, -0.1) is 0 Å². The van der Waals surface area contributed by atoms with Gasteiger partial charge in [0.2, 0.25) is 0 Å². The van der Waals surface area contributed by atoms with Crippen LogP contribution in [0.1, 0.15) is 49.4 Å². The molecule has 1 aliphatic carbocycles. The highest BCUT2D eigenvalue weighted by Gasteiger charge is 2.19. The van der Waals surface area contributed by atoms with E-state index in [1.165, 1.54) is 25.1 Å². The molecule has 0 saturated heterocycles. The first-order valence-electron chi connectivity index (χ1n) is 6.78. The number of aromatic nitrogens is 1. The molecular weight excluding hydrogens is 262 g/mol. The molecule has 1 saturated carbocycles. The number of nitrogen functional groups attached to an aromatic ring is 1. The van der Waals surface area contributed by atoms with Gasteiger partial charge in [0.05, 0.1) is 17.4 Å². The summed E-state index contributed by atoms with van der Waals surface area (Å²) < 4.78 is 0. The van der Waals surface area contributed by atoms with E-state index in [1.807, 2.05) is 0 Å². The summed E-state index contributed by atoms with van der Waals surface area (Å²) in [4.78, 5) is 16.1. The van der Waals surface area contributed by atoms with Crippen LogP contribution in [0.3, 0.4) is 0 Å². The summed E-state index contributed by atoms with van der Waals surface area (Å²) in [5, 5.41) is 3.34. The van der Waals surface area contributed by atoms with Gasteiger partial charge in [-0.3, -0.25) is 4.79 Å². The van der Waals surface area contributed by atoms with Crippen LogP contribution in [-0.4, -0.2) is 16.9 Å². The number of hydrogen-bond donors (Lipinski definition) is 2. The number of halogens is 1. The van der Waals surface area contributed by atoms with Gasteiger partial charge in [-0.05, 0) is 31.2 Å². The summed E-state index contributed by atoms with van der Waals surface area (Å²) in [5.41, 5.74) is 6.55. The smallest absolute Gasteiger partial charge is 0.253 e. The van der Waals surface area contributed by atoms with E-state index in [9.17, 15) is 4.79 Å². The first kappa shape index (κ1) is 14.1. The van der Waals surface area contributed by atoms with Gasteiger partial charge in [0.25, 0.3) is 5.91 Å². The molecule has 2 atom stereocenters. The molecule has 0 aliphatic heterocycles. The molecular formula is C14H20ClN3O. The maximum Gasteiger partial charge on any atom is 0.253 e. The lowest BCUT2D eigenvalue weighted by molar-refractivity contribution is 0.0934. The number of carbonyl (C=O) groups excluding carboxylic acids is 1. The van der Waals surface area contributed by atoms with Gasteiger partial charge in [-0.2, -0.15) is 0 Å². The maximum atomic E-state index is 12.2. The SMILES string of the molecule is CC1CCCC(NC(=O)c2cc(Cl)ncc2N)CC1. The van der Waals surface area contributed by atoms with Crippen molar-refractivity contribution < 1.29 is 4.79 Å². The molecule has 2 rings (SSSR count). The molecule has 0 radical (unpaired) electrons. The standard InChI is InChI=1S/C14H20ClN3O/c1-9-3-2-4-10(6-5-9)18-14(19)11-7-13(15)17-8-12(11)16/h7-10H,2-6,16H2,1H3,(H,18,19). The minimum absolute atomic E-state index is 0.152. The fourth-order valence-corrected chi connectivity index (χ4v) is 2.69. The zero-order valence-electron chi connectivity index (χ0n) is 11.2. The molecule has 1 amide bonds. The number of carbonyl (C=O) groups is 1. The van der Waals surface area contributed by atoms with Crippen molar-refractivity contribution in [3.8, 4) is 0 Å². The fourth-order valence-electron chi connectivity index (χ4n) is 2.53. The number of hydrogen-bond acceptors (Lipinski definition) is 3. The summed E-state index contributed by atoms with van der Waals surface area (Å²) in [6.07, 6.45) is 7.07. The molecule has 0 spiro atoms. The van der Waals surface area contributed by atoms with Crippen molar-refractivity contribution in [3.63, 3.8) is 0 Å². The highest BCUT2D eigenvalue weighted by molar-refractivity contribution is 6.29. The van der Waals surface area contributed by atoms with Gasteiger partial charge in [0.1, 0.15) is 5.15 Å². The third-order valence-electron chi connectivity index (χ3n) is 3.74. The van der Waals surface area contributed by atoms with Crippen LogP contribution < -0.4 is 11.1 Å². The molecule has 1 heterocycles. The third kappa shape index (κ3) is 3.83. The number of amides is 1. The quantitative estimate of drug-likeness (QED) is 0.647. The lowest BCUT2D eigenvalue weighted by Crippen LogP contribution is -2.34. The minimum atomic E-state index is -0.152. The normalized spacial score (nSPS) is 23.7. The predicted molar refractivity (Wildman–Crippen MR) is 77.2 cm³/mol. The summed E-state index contributed by atoms with van der Waals surface area (Å²) in [5.74, 6) is 0.601. The molecule has 3 N–H and O–H groups in total. The second-order valence-electron chi connectivity index (χ2n) is 5.38. The predicted octanol–water partition coefficient (Wildman–Crippen LogP) is 3.02. The Hall–Kier alpha value is -1.29. The van der Waals surface area contributed by atoms with Crippen molar-refractivity contribution in [3.05, 3.63) is 23.0 Å². The average molecular weight is 282 g/mol. The second kappa shape index (κ2) is 6.24. The Morgan fingerprint density at radius 3 is 3.00 bits per heavy atom. The van der Waals surface area contributed by atoms with E-state index < -0.39 is 0 Å². The van der Waals surface area contributed by atoms with Crippen LogP contribution in [0.25, 0.3) is 0 Å². The molecule has 19 heavy (non-hydrogen) atoms. The van der Waals surface area contributed by atoms with Gasteiger partial charge in [-0.25, -0.2) is 4.98 Å². The third-order valence-corrected chi connectivity index (χ3v) is 3.95. The zero-order chi connectivity index (χ0) is 13.8. The van der Waals surface area contributed by atoms with Crippen LogP contribution in [0.5, 0.6) is 0 Å². The molecule has 4 nitrogen and oxygen atoms in total. The van der Waals surface area contributed by atoms with E-state index in [0.717, 1.165) is 25.2 Å². The van der Waals surface area contributed by atoms with Gasteiger partial charge in [-0.1, -0.05) is 31.4 Å². The van der Waals surface area contributed by atoms with E-state index in [1.54, 1.807) is 0 Å². The minimum Gasteiger partial charge on any atom is -0.397 e. The number of anilines is 1. The largest absolute Gasteiger partial charge is 0.397 e. The van der Waals surface area contributed by atoms with Crippen LogP contribution >= 0.6 is 11.6 Å². The molecule has 1 aromatic heterocycles. The summed E-state index contributed by atoms with van der Waals surface area (Å²) >= 11 is 5.80. The summed E-state index contributed by atoms with van der Waals surface area (Å²) in [7, 11) is 0. The number of nitrogens with zero attached hydrogens (tertiary/aromatic N) is 1. The molecule has 1 fully saturated rings. The Bertz CT molecular complexity index is 464. The molecule has 0 aromatic carbocycles. The van der Waals surface area contributed by atoms with Gasteiger partial charge >= 0.3 is 0 Å². The Labute approximate surface area is 118 Å². The second-order valence-corrected chi connectivity index (χ2v) is 5.77. The highest BCUT2D eigenvalue weighted by atomic mass is 35.5. The topological polar surface area (TPSA) is 68.0 Å². The lowest BCUT2D eigenvalue weighted by Gasteiger charge is -2.17. The van der Waals surface area contributed by atoms with E-state index in [4.69, 9.17) is 17.3 Å². The summed E-state index contributed by atoms with van der Waals surface area (Å²) in [6.45, 7) is 2.27. The first-order valence-corrected chi connectivity index (χ1v) is 7.16. The van der Waals surface area contributed by atoms with Crippen molar-refractivity contribution in [1.29, 1.82) is 0 Å². The Morgan fingerprint density at radius 1 is 1.42 bits per heavy atom. The van der Waals surface area contributed by atoms with Crippen molar-refractivity contribution in [2.24, 2.45) is 5.92 Å². The zero-order valence-corrected chi connectivity index (χ0v) is 11.9. The lowest BCUT2D eigenvalue weighted by atomic mass is 10.0. The van der Waals surface area contributed by atoms with Crippen LogP contribution in [-0.2, 0) is 0 Å². The molecule has 1 aliphatic rings. The van der Waals surface area contributed by atoms with Gasteiger partial charge < -0.3 is 11.1 Å². The van der Waals surface area contributed by atoms with Crippen molar-refractivity contribution in [2.45, 2.75) is 45.1 Å². The van der Waals surface area contributed by atoms with E-state index in [-0.39, 0.29) is 17.1 Å². The van der Waals surface area contributed by atoms with Crippen LogP contribution in [0.4, 0.5) is 5.69 Å². The van der Waals surface area contributed by atoms with Crippen molar-refractivity contribution >= 4 is 23.2 Å². The van der Waals surface area contributed by atoms with E-state index in [0.29, 0.717) is 11.3 Å². The molecule has 0 bridgehead atoms. The maximum absolute atomic E-state index is 12.2. The monoisotopic (exact) mass is 281 g/mol. The van der Waals surface area contributed by atoms with E-state index >= 15 is 0 Å². The number of pyridine rings is 1. The van der Waals surface area contributed by atoms with Gasteiger partial charge in [0, 0.05) is 6.04 Å². The van der Waals surface area contributed by atoms with Gasteiger partial charge in [0.15, 0.2) is 0 Å². The number of rotatable bonds is 2. The Kier molecular flexibility index (Phi) is 4.64. The highest BCUT2D eigenvalue weighted by Crippen LogP contribution is 2.23. The Balaban J connectivity index is 2.02. The Morgan fingerprint density at radius 2 is 2.21 bits per heavy atom. The molecule has 5 heteroatoms. The average Bonchev–Trinajstić information content (AvgIpc) is 2.57. The van der Waals surface area contributed by atoms with E-state index in [2.05, 4.69) is 17.2 Å². The summed E-state index contributed by atoms with van der Waals surface area (Å²) in [6, 6.07) is 1.76. The molecule has 2 unspecified atom stereocenters. The first-order chi connectivity index (χ1) is 9.06. The fraction of sp³-hybridized carbons (Fsp3) is 0.571. The van der Waals surface area contributed by atoms with Crippen molar-refractivity contribution in [2.75, 3.05) is 5.73 Å². The van der Waals surface area contributed by atoms with Crippen LogP contribution in [0.2, 0.25) is 5.15 Å². The molecule has 1 aromatic rings. The van der Waals surface area contributed by atoms with Crippen LogP contribution in [0.15, 0.2) is 12.3 Å². The molecule has 104 valence electrons. The number of nitrogens with two attached hydrogens (primary N) is 1.